The quantitative estimate of drug-likeness (QED) is 0.207. The molecule has 0 atom stereocenters. The lowest BCUT2D eigenvalue weighted by Gasteiger charge is -2.21. The monoisotopic (exact) mass is 291 g/mol. The predicted molar refractivity (Wildman–Crippen MR) is 75.6 cm³/mol. The predicted octanol–water partition coefficient (Wildman–Crippen LogP) is 1.40. The van der Waals surface area contributed by atoms with E-state index < -0.39 is 10.0 Å². The highest BCUT2D eigenvalue weighted by Gasteiger charge is 2.20. The Kier molecular flexibility index (Phi) is 7.15. The summed E-state index contributed by atoms with van der Waals surface area (Å²) in [6.07, 6.45) is 7.50. The van der Waals surface area contributed by atoms with E-state index in [4.69, 9.17) is 10.9 Å². The summed E-state index contributed by atoms with van der Waals surface area (Å²) in [6.45, 7) is 0.424. The van der Waals surface area contributed by atoms with Crippen molar-refractivity contribution in [1.29, 1.82) is 0 Å². The van der Waals surface area contributed by atoms with Crippen molar-refractivity contribution < 1.29 is 13.6 Å². The number of nitrogens with two attached hydrogens (primary N) is 1. The third kappa shape index (κ3) is 7.37. The third-order valence-corrected chi connectivity index (χ3v) is 5.04. The smallest absolute Gasteiger partial charge is 0.211 e. The van der Waals surface area contributed by atoms with Crippen molar-refractivity contribution in [3.8, 4) is 0 Å². The molecule has 6 nitrogen and oxygen atoms in total. The highest BCUT2D eigenvalue weighted by atomic mass is 32.2. The van der Waals surface area contributed by atoms with Crippen molar-refractivity contribution >= 4 is 15.9 Å². The molecule has 0 aromatic rings. The molecular formula is C12H25N3O3S. The molecule has 1 saturated carbocycles. The van der Waals surface area contributed by atoms with E-state index in [1.165, 1.54) is 6.42 Å². The van der Waals surface area contributed by atoms with Crippen LogP contribution in [0, 0.1) is 5.92 Å². The molecule has 1 fully saturated rings. The van der Waals surface area contributed by atoms with Gasteiger partial charge in [0, 0.05) is 13.0 Å². The fraction of sp³-hybridized carbons (Fsp3) is 0.917. The van der Waals surface area contributed by atoms with Gasteiger partial charge < -0.3 is 10.9 Å². The highest BCUT2D eigenvalue weighted by Crippen LogP contribution is 2.24. The van der Waals surface area contributed by atoms with Crippen molar-refractivity contribution in [2.75, 3.05) is 12.3 Å². The Morgan fingerprint density at radius 2 is 1.95 bits per heavy atom. The molecule has 112 valence electrons. The van der Waals surface area contributed by atoms with Crippen LogP contribution in [0.2, 0.25) is 0 Å². The van der Waals surface area contributed by atoms with E-state index in [1.54, 1.807) is 0 Å². The molecule has 1 rings (SSSR count). The topological polar surface area (TPSA) is 105 Å². The van der Waals surface area contributed by atoms with Gasteiger partial charge in [-0.15, -0.1) is 0 Å². The lowest BCUT2D eigenvalue weighted by Crippen LogP contribution is -2.31. The number of rotatable bonds is 8. The van der Waals surface area contributed by atoms with E-state index in [-0.39, 0.29) is 11.6 Å². The van der Waals surface area contributed by atoms with E-state index in [9.17, 15) is 8.42 Å². The standard InChI is InChI=1S/C12H25N3O3S/c13-12(15-16)8-4-5-9-14-19(17,18)10-11-6-2-1-3-7-11/h11,14,16H,1-10H2,(H2,13,15). The Morgan fingerprint density at radius 3 is 2.58 bits per heavy atom. The maximum absolute atomic E-state index is 11.9. The van der Waals surface area contributed by atoms with Gasteiger partial charge in [0.05, 0.1) is 5.75 Å². The van der Waals surface area contributed by atoms with Gasteiger partial charge in [0.25, 0.3) is 0 Å². The van der Waals surface area contributed by atoms with Crippen LogP contribution in [0.1, 0.15) is 51.4 Å². The van der Waals surface area contributed by atoms with Crippen LogP contribution in [0.4, 0.5) is 0 Å². The minimum Gasteiger partial charge on any atom is -0.409 e. The minimum atomic E-state index is -3.15. The van der Waals surface area contributed by atoms with Gasteiger partial charge in [0.2, 0.25) is 10.0 Å². The Morgan fingerprint density at radius 1 is 1.26 bits per heavy atom. The molecule has 19 heavy (non-hydrogen) atoms. The van der Waals surface area contributed by atoms with Crippen LogP contribution >= 0.6 is 0 Å². The van der Waals surface area contributed by atoms with Gasteiger partial charge in [0.1, 0.15) is 5.84 Å². The van der Waals surface area contributed by atoms with E-state index >= 15 is 0 Å². The zero-order valence-electron chi connectivity index (χ0n) is 11.3. The van der Waals surface area contributed by atoms with Crippen LogP contribution in [0.15, 0.2) is 5.16 Å². The van der Waals surface area contributed by atoms with Gasteiger partial charge >= 0.3 is 0 Å². The maximum atomic E-state index is 11.9. The highest BCUT2D eigenvalue weighted by molar-refractivity contribution is 7.89. The summed E-state index contributed by atoms with van der Waals surface area (Å²) in [5, 5.41) is 11.2. The van der Waals surface area contributed by atoms with Crippen LogP contribution in [0.3, 0.4) is 0 Å². The van der Waals surface area contributed by atoms with Crippen molar-refractivity contribution in [1.82, 2.24) is 4.72 Å². The molecule has 1 aliphatic rings. The second-order valence-corrected chi connectivity index (χ2v) is 7.08. The van der Waals surface area contributed by atoms with Crippen LogP contribution in [0.25, 0.3) is 0 Å². The second-order valence-electron chi connectivity index (χ2n) is 5.23. The van der Waals surface area contributed by atoms with E-state index in [0.29, 0.717) is 31.7 Å². The second kappa shape index (κ2) is 8.37. The number of oxime groups is 1. The molecule has 0 heterocycles. The van der Waals surface area contributed by atoms with Gasteiger partial charge in [-0.3, -0.25) is 0 Å². The number of nitrogens with one attached hydrogen (secondary N) is 1. The Bertz CT molecular complexity index is 376. The minimum absolute atomic E-state index is 0.185. The zero-order valence-corrected chi connectivity index (χ0v) is 12.2. The maximum Gasteiger partial charge on any atom is 0.211 e. The first-order chi connectivity index (χ1) is 9.03. The first-order valence-corrected chi connectivity index (χ1v) is 8.62. The molecule has 0 saturated heterocycles. The SMILES string of the molecule is NC(CCCCNS(=O)(=O)CC1CCCCC1)=NO. The molecule has 1 aliphatic carbocycles. The normalized spacial score (nSPS) is 18.6. The Balaban J connectivity index is 2.16. The third-order valence-electron chi connectivity index (χ3n) is 3.49. The molecule has 0 spiro atoms. The van der Waals surface area contributed by atoms with Crippen molar-refractivity contribution in [2.24, 2.45) is 16.8 Å². The van der Waals surface area contributed by atoms with Crippen LogP contribution in [0.5, 0.6) is 0 Å². The molecule has 4 N–H and O–H groups in total. The van der Waals surface area contributed by atoms with Gasteiger partial charge in [-0.2, -0.15) is 0 Å². The number of amidine groups is 1. The van der Waals surface area contributed by atoms with E-state index in [1.807, 2.05) is 0 Å². The summed E-state index contributed by atoms with van der Waals surface area (Å²) in [7, 11) is -3.15. The van der Waals surface area contributed by atoms with Gasteiger partial charge in [-0.25, -0.2) is 13.1 Å². The number of hydrogen-bond donors (Lipinski definition) is 3. The molecule has 0 unspecified atom stereocenters. The molecule has 0 aromatic carbocycles. The Labute approximate surface area is 115 Å². The summed E-state index contributed by atoms with van der Waals surface area (Å²) in [5.74, 6) is 0.765. The summed E-state index contributed by atoms with van der Waals surface area (Å²) in [5.41, 5.74) is 5.33. The average molecular weight is 291 g/mol. The van der Waals surface area contributed by atoms with E-state index in [0.717, 1.165) is 25.7 Å². The number of nitrogens with zero attached hydrogens (tertiary/aromatic N) is 1. The number of unbranched alkanes of at least 4 members (excludes halogenated alkanes) is 1. The molecular weight excluding hydrogens is 266 g/mol. The summed E-state index contributed by atoms with van der Waals surface area (Å²) in [4.78, 5) is 0. The van der Waals surface area contributed by atoms with Crippen LogP contribution in [-0.4, -0.2) is 31.8 Å². The lowest BCUT2D eigenvalue weighted by atomic mass is 9.91. The fourth-order valence-electron chi connectivity index (χ4n) is 2.43. The summed E-state index contributed by atoms with van der Waals surface area (Å²) in [6, 6.07) is 0. The first kappa shape index (κ1) is 16.2. The zero-order chi connectivity index (χ0) is 14.1. The lowest BCUT2D eigenvalue weighted by molar-refractivity contribution is 0.316. The van der Waals surface area contributed by atoms with E-state index in [2.05, 4.69) is 9.88 Å². The molecule has 0 aromatic heterocycles. The molecule has 0 radical (unpaired) electrons. The molecule has 7 heteroatoms. The molecule has 0 amide bonds. The number of sulfonamides is 1. The molecule has 0 bridgehead atoms. The largest absolute Gasteiger partial charge is 0.409 e. The summed E-state index contributed by atoms with van der Waals surface area (Å²) < 4.78 is 26.3. The van der Waals surface area contributed by atoms with Gasteiger partial charge in [0.15, 0.2) is 0 Å². The fourth-order valence-corrected chi connectivity index (χ4v) is 3.96. The average Bonchev–Trinajstić information content (AvgIpc) is 2.38. The molecule has 0 aliphatic heterocycles. The van der Waals surface area contributed by atoms with Crippen molar-refractivity contribution in [3.63, 3.8) is 0 Å². The Hall–Kier alpha value is -0.820. The first-order valence-electron chi connectivity index (χ1n) is 6.97. The van der Waals surface area contributed by atoms with Gasteiger partial charge in [-0.05, 0) is 31.6 Å². The number of hydrogen-bond acceptors (Lipinski definition) is 4. The van der Waals surface area contributed by atoms with Crippen LogP contribution < -0.4 is 10.5 Å². The van der Waals surface area contributed by atoms with Crippen LogP contribution in [-0.2, 0) is 10.0 Å². The van der Waals surface area contributed by atoms with Crippen molar-refractivity contribution in [2.45, 2.75) is 51.4 Å². The summed E-state index contributed by atoms with van der Waals surface area (Å²) >= 11 is 0. The van der Waals surface area contributed by atoms with Crippen molar-refractivity contribution in [3.05, 3.63) is 0 Å². The van der Waals surface area contributed by atoms with Gasteiger partial charge in [-0.1, -0.05) is 24.4 Å².